The molecule has 0 spiro atoms. The van der Waals surface area contributed by atoms with E-state index in [0.717, 1.165) is 31.2 Å². The molecule has 0 saturated carbocycles. The first-order chi connectivity index (χ1) is 11.6. The molecular formula is C17H25ClN4O2. The van der Waals surface area contributed by atoms with Crippen molar-refractivity contribution in [3.8, 4) is 5.75 Å². The highest BCUT2D eigenvalue weighted by Gasteiger charge is 2.25. The molecule has 2 rings (SSSR count). The van der Waals surface area contributed by atoms with Crippen molar-refractivity contribution in [1.29, 1.82) is 0 Å². The van der Waals surface area contributed by atoms with Crippen LogP contribution in [0.3, 0.4) is 0 Å². The van der Waals surface area contributed by atoms with Gasteiger partial charge in [-0.1, -0.05) is 24.6 Å². The first-order valence-electron chi connectivity index (χ1n) is 8.25. The molecule has 1 aromatic carbocycles. The Kier molecular flexibility index (Phi) is 7.18. The standard InChI is InChI=1S/C17H25ClN4O2/c1-3-16(23)22-9-7-14(12-22)21-17(19-2)20-8-10-24-15-6-4-5-13(18)11-15/h4-6,11,14H,3,7-10,12H2,1-2H3,(H2,19,20,21). The number of carbonyl (C=O) groups excluding carboxylic acids is 1. The van der Waals surface area contributed by atoms with Gasteiger partial charge in [0.1, 0.15) is 12.4 Å². The molecule has 0 radical (unpaired) electrons. The molecule has 1 aromatic rings. The number of guanidine groups is 1. The Bertz CT molecular complexity index is 579. The smallest absolute Gasteiger partial charge is 0.222 e. The van der Waals surface area contributed by atoms with Crippen LogP contribution in [0, 0.1) is 0 Å². The number of rotatable bonds is 6. The number of hydrogen-bond acceptors (Lipinski definition) is 3. The van der Waals surface area contributed by atoms with Crippen LogP contribution in [-0.4, -0.2) is 56.1 Å². The van der Waals surface area contributed by atoms with Crippen LogP contribution in [0.4, 0.5) is 0 Å². The molecule has 2 N–H and O–H groups in total. The Morgan fingerprint density at radius 2 is 2.33 bits per heavy atom. The molecule has 1 fully saturated rings. The maximum absolute atomic E-state index is 11.7. The number of carbonyl (C=O) groups is 1. The number of nitrogens with one attached hydrogen (secondary N) is 2. The minimum Gasteiger partial charge on any atom is -0.492 e. The summed E-state index contributed by atoms with van der Waals surface area (Å²) < 4.78 is 5.63. The fourth-order valence-electron chi connectivity index (χ4n) is 2.61. The maximum Gasteiger partial charge on any atom is 0.222 e. The number of amides is 1. The van der Waals surface area contributed by atoms with E-state index in [1.54, 1.807) is 13.1 Å². The third kappa shape index (κ3) is 5.60. The van der Waals surface area contributed by atoms with Crippen molar-refractivity contribution in [1.82, 2.24) is 15.5 Å². The lowest BCUT2D eigenvalue weighted by Gasteiger charge is -2.18. The molecule has 1 unspecified atom stereocenters. The summed E-state index contributed by atoms with van der Waals surface area (Å²) >= 11 is 5.92. The van der Waals surface area contributed by atoms with Crippen LogP contribution in [0.5, 0.6) is 5.75 Å². The zero-order chi connectivity index (χ0) is 17.4. The van der Waals surface area contributed by atoms with E-state index >= 15 is 0 Å². The van der Waals surface area contributed by atoms with Gasteiger partial charge < -0.3 is 20.3 Å². The number of halogens is 1. The summed E-state index contributed by atoms with van der Waals surface area (Å²) in [7, 11) is 1.73. The fraction of sp³-hybridized carbons (Fsp3) is 0.529. The molecule has 1 amide bonds. The van der Waals surface area contributed by atoms with Gasteiger partial charge in [0.2, 0.25) is 5.91 Å². The third-order valence-corrected chi connectivity index (χ3v) is 4.10. The molecule has 1 atom stereocenters. The molecule has 0 bridgehead atoms. The van der Waals surface area contributed by atoms with E-state index in [1.807, 2.05) is 30.0 Å². The topological polar surface area (TPSA) is 66.0 Å². The number of likely N-dealkylation sites (tertiary alicyclic amines) is 1. The van der Waals surface area contributed by atoms with E-state index in [0.29, 0.717) is 24.6 Å². The van der Waals surface area contributed by atoms with Crippen LogP contribution in [0.2, 0.25) is 5.02 Å². The Morgan fingerprint density at radius 3 is 3.04 bits per heavy atom. The van der Waals surface area contributed by atoms with Crippen molar-refractivity contribution in [3.05, 3.63) is 29.3 Å². The molecule has 1 aliphatic heterocycles. The third-order valence-electron chi connectivity index (χ3n) is 3.87. The largest absolute Gasteiger partial charge is 0.492 e. The SMILES string of the molecule is CCC(=O)N1CCC(NC(=NC)NCCOc2cccc(Cl)c2)C1. The first-order valence-corrected chi connectivity index (χ1v) is 8.63. The molecular weight excluding hydrogens is 328 g/mol. The van der Waals surface area contributed by atoms with Crippen LogP contribution in [0.1, 0.15) is 19.8 Å². The molecule has 1 aliphatic rings. The van der Waals surface area contributed by atoms with Gasteiger partial charge >= 0.3 is 0 Å². The number of nitrogens with zero attached hydrogens (tertiary/aromatic N) is 2. The van der Waals surface area contributed by atoms with Crippen LogP contribution < -0.4 is 15.4 Å². The van der Waals surface area contributed by atoms with Crippen molar-refractivity contribution in [3.63, 3.8) is 0 Å². The average Bonchev–Trinajstić information content (AvgIpc) is 3.05. The minimum atomic E-state index is 0.206. The Morgan fingerprint density at radius 1 is 1.50 bits per heavy atom. The van der Waals surface area contributed by atoms with Crippen LogP contribution in [-0.2, 0) is 4.79 Å². The fourth-order valence-corrected chi connectivity index (χ4v) is 2.79. The van der Waals surface area contributed by atoms with Gasteiger partial charge in [0.25, 0.3) is 0 Å². The van der Waals surface area contributed by atoms with Gasteiger partial charge in [0.05, 0.1) is 6.54 Å². The lowest BCUT2D eigenvalue weighted by molar-refractivity contribution is -0.129. The second kappa shape index (κ2) is 9.37. The van der Waals surface area contributed by atoms with Crippen molar-refractivity contribution in [2.24, 2.45) is 4.99 Å². The second-order valence-corrected chi connectivity index (χ2v) is 6.06. The van der Waals surface area contributed by atoms with Crippen LogP contribution >= 0.6 is 11.6 Å². The monoisotopic (exact) mass is 352 g/mol. The highest BCUT2D eigenvalue weighted by molar-refractivity contribution is 6.30. The second-order valence-electron chi connectivity index (χ2n) is 5.63. The summed E-state index contributed by atoms with van der Waals surface area (Å²) in [6.07, 6.45) is 1.49. The molecule has 0 aliphatic carbocycles. The summed E-state index contributed by atoms with van der Waals surface area (Å²) in [5, 5.41) is 7.23. The van der Waals surface area contributed by atoms with Gasteiger partial charge in [0, 0.05) is 37.6 Å². The maximum atomic E-state index is 11.7. The van der Waals surface area contributed by atoms with E-state index in [4.69, 9.17) is 16.3 Å². The summed E-state index contributed by atoms with van der Waals surface area (Å²) in [5.41, 5.74) is 0. The van der Waals surface area contributed by atoms with E-state index in [9.17, 15) is 4.79 Å². The normalized spacial score (nSPS) is 17.7. The summed E-state index contributed by atoms with van der Waals surface area (Å²) in [4.78, 5) is 17.8. The van der Waals surface area contributed by atoms with E-state index in [2.05, 4.69) is 15.6 Å². The predicted octanol–water partition coefficient (Wildman–Crippen LogP) is 1.89. The zero-order valence-corrected chi connectivity index (χ0v) is 15.0. The van der Waals surface area contributed by atoms with E-state index in [1.165, 1.54) is 0 Å². The van der Waals surface area contributed by atoms with Crippen molar-refractivity contribution in [2.75, 3.05) is 33.3 Å². The van der Waals surface area contributed by atoms with Gasteiger partial charge in [-0.05, 0) is 24.6 Å². The van der Waals surface area contributed by atoms with Crippen LogP contribution in [0.25, 0.3) is 0 Å². The van der Waals surface area contributed by atoms with Gasteiger partial charge in [0.15, 0.2) is 5.96 Å². The Balaban J connectivity index is 1.69. The molecule has 24 heavy (non-hydrogen) atoms. The van der Waals surface area contributed by atoms with Gasteiger partial charge in [-0.15, -0.1) is 0 Å². The molecule has 1 heterocycles. The van der Waals surface area contributed by atoms with Crippen molar-refractivity contribution in [2.45, 2.75) is 25.8 Å². The number of aliphatic imine (C=N–C) groups is 1. The van der Waals surface area contributed by atoms with Crippen molar-refractivity contribution >= 4 is 23.5 Å². The number of benzene rings is 1. The Hall–Kier alpha value is -1.95. The van der Waals surface area contributed by atoms with E-state index in [-0.39, 0.29) is 11.9 Å². The van der Waals surface area contributed by atoms with E-state index < -0.39 is 0 Å². The predicted molar refractivity (Wildman–Crippen MR) is 96.7 cm³/mol. The average molecular weight is 353 g/mol. The summed E-state index contributed by atoms with van der Waals surface area (Å²) in [6, 6.07) is 7.56. The molecule has 6 nitrogen and oxygen atoms in total. The van der Waals surface area contributed by atoms with Gasteiger partial charge in [-0.2, -0.15) is 0 Å². The van der Waals surface area contributed by atoms with Crippen molar-refractivity contribution < 1.29 is 9.53 Å². The molecule has 7 heteroatoms. The van der Waals surface area contributed by atoms with Crippen LogP contribution in [0.15, 0.2) is 29.3 Å². The Labute approximate surface area is 148 Å². The molecule has 0 aromatic heterocycles. The number of ether oxygens (including phenoxy) is 1. The highest BCUT2D eigenvalue weighted by atomic mass is 35.5. The highest BCUT2D eigenvalue weighted by Crippen LogP contribution is 2.16. The minimum absolute atomic E-state index is 0.206. The zero-order valence-electron chi connectivity index (χ0n) is 14.2. The summed E-state index contributed by atoms with van der Waals surface area (Å²) in [5.74, 6) is 1.68. The quantitative estimate of drug-likeness (QED) is 0.466. The lowest BCUT2D eigenvalue weighted by atomic mass is 10.3. The van der Waals surface area contributed by atoms with Gasteiger partial charge in [-0.25, -0.2) is 0 Å². The lowest BCUT2D eigenvalue weighted by Crippen LogP contribution is -2.46. The van der Waals surface area contributed by atoms with Gasteiger partial charge in [-0.3, -0.25) is 9.79 Å². The first kappa shape index (κ1) is 18.4. The summed E-state index contributed by atoms with van der Waals surface area (Å²) in [6.45, 7) is 4.55. The number of hydrogen-bond donors (Lipinski definition) is 2. The molecule has 132 valence electrons. The molecule has 1 saturated heterocycles.